The Labute approximate surface area is 217 Å². The average molecular weight is 529 g/mol. The number of hydrogen-bond acceptors (Lipinski definition) is 5. The first kappa shape index (κ1) is 24.7. The van der Waals surface area contributed by atoms with Gasteiger partial charge in [-0.15, -0.1) is 0 Å². The Balaban J connectivity index is 1.50. The van der Waals surface area contributed by atoms with Gasteiger partial charge in [-0.1, -0.05) is 41.7 Å². The monoisotopic (exact) mass is 527 g/mol. The molecule has 0 spiro atoms. The third-order valence-electron chi connectivity index (χ3n) is 4.97. The fourth-order valence-electron chi connectivity index (χ4n) is 3.24. The molecule has 0 aliphatic carbocycles. The van der Waals surface area contributed by atoms with Gasteiger partial charge in [0, 0.05) is 24.5 Å². The van der Waals surface area contributed by atoms with Crippen LogP contribution in [0.1, 0.15) is 18.3 Å². The van der Waals surface area contributed by atoms with Crippen molar-refractivity contribution in [2.45, 2.75) is 20.3 Å². The van der Waals surface area contributed by atoms with E-state index in [0.717, 1.165) is 29.1 Å². The van der Waals surface area contributed by atoms with Crippen molar-refractivity contribution in [2.24, 2.45) is 0 Å². The van der Waals surface area contributed by atoms with E-state index in [2.05, 4.69) is 25.6 Å². The summed E-state index contributed by atoms with van der Waals surface area (Å²) in [5, 5.41) is 6.28. The number of nitrogens with one attached hydrogen (secondary N) is 2. The maximum absolute atomic E-state index is 12.5. The summed E-state index contributed by atoms with van der Waals surface area (Å²) >= 11 is 18.1. The molecule has 0 fully saturated rings. The van der Waals surface area contributed by atoms with E-state index in [9.17, 15) is 4.79 Å². The minimum absolute atomic E-state index is 0.274. The third kappa shape index (κ3) is 6.00. The van der Waals surface area contributed by atoms with E-state index in [1.54, 1.807) is 30.6 Å². The number of urea groups is 1. The fourth-order valence-corrected chi connectivity index (χ4v) is 3.83. The first-order valence-corrected chi connectivity index (χ1v) is 11.8. The van der Waals surface area contributed by atoms with Gasteiger partial charge in [-0.05, 0) is 61.0 Å². The van der Waals surface area contributed by atoms with Gasteiger partial charge in [0.05, 0.1) is 32.0 Å². The highest BCUT2D eigenvalue weighted by atomic mass is 35.5. The number of anilines is 2. The summed E-state index contributed by atoms with van der Waals surface area (Å²) in [4.78, 5) is 25.7. The molecule has 2 aromatic heterocycles. The van der Waals surface area contributed by atoms with Gasteiger partial charge < -0.3 is 15.4 Å². The van der Waals surface area contributed by atoms with E-state index in [0.29, 0.717) is 28.0 Å². The Morgan fingerprint density at radius 3 is 2.51 bits per heavy atom. The molecule has 7 nitrogen and oxygen atoms in total. The minimum atomic E-state index is -0.485. The molecule has 35 heavy (non-hydrogen) atoms. The van der Waals surface area contributed by atoms with Crippen LogP contribution in [0.15, 0.2) is 60.9 Å². The van der Waals surface area contributed by atoms with Crippen LogP contribution in [-0.2, 0) is 6.42 Å². The number of nitrogens with zero attached hydrogens (tertiary/aromatic N) is 3. The molecule has 0 atom stereocenters. The molecule has 0 saturated carbocycles. The van der Waals surface area contributed by atoms with E-state index in [-0.39, 0.29) is 10.0 Å². The zero-order chi connectivity index (χ0) is 24.9. The highest BCUT2D eigenvalue weighted by Gasteiger charge is 2.14. The Kier molecular flexibility index (Phi) is 7.70. The lowest BCUT2D eigenvalue weighted by molar-refractivity contribution is 0.262. The summed E-state index contributed by atoms with van der Waals surface area (Å²) in [6.45, 7) is 3.87. The van der Waals surface area contributed by atoms with E-state index in [4.69, 9.17) is 39.5 Å². The number of aryl methyl sites for hydroxylation is 2. The predicted octanol–water partition coefficient (Wildman–Crippen LogP) is 7.81. The lowest BCUT2D eigenvalue weighted by Crippen LogP contribution is -2.19. The van der Waals surface area contributed by atoms with Crippen molar-refractivity contribution in [3.05, 3.63) is 87.4 Å². The molecule has 10 heteroatoms. The lowest BCUT2D eigenvalue weighted by Gasteiger charge is -2.14. The molecule has 0 saturated heterocycles. The quantitative estimate of drug-likeness (QED) is 0.249. The number of halogens is 3. The molecule has 0 radical (unpaired) electrons. The molecule has 0 aliphatic heterocycles. The van der Waals surface area contributed by atoms with Gasteiger partial charge in [-0.25, -0.2) is 19.7 Å². The SMILES string of the molecule is CCc1nccc(-c2cccnc2Oc2ccc(NC(=O)Nc3cc(Cl)c(Cl)cc3Cl)cc2C)n1. The van der Waals surface area contributed by atoms with Crippen LogP contribution in [0.2, 0.25) is 15.1 Å². The fraction of sp³-hybridized carbons (Fsp3) is 0.120. The molecule has 4 aromatic rings. The molecule has 4 rings (SSSR count). The van der Waals surface area contributed by atoms with E-state index in [1.807, 2.05) is 32.0 Å². The summed E-state index contributed by atoms with van der Waals surface area (Å²) in [6, 6.07) is 13.3. The normalized spacial score (nSPS) is 10.7. The minimum Gasteiger partial charge on any atom is -0.438 e. The second-order valence-corrected chi connectivity index (χ2v) is 8.70. The van der Waals surface area contributed by atoms with Gasteiger partial charge in [0.2, 0.25) is 5.88 Å². The van der Waals surface area contributed by atoms with Crippen LogP contribution in [0.5, 0.6) is 11.6 Å². The number of rotatable bonds is 6. The number of benzene rings is 2. The number of hydrogen-bond donors (Lipinski definition) is 2. The lowest BCUT2D eigenvalue weighted by atomic mass is 10.1. The van der Waals surface area contributed by atoms with Gasteiger partial charge in [0.1, 0.15) is 11.6 Å². The summed E-state index contributed by atoms with van der Waals surface area (Å²) in [5.74, 6) is 1.75. The summed E-state index contributed by atoms with van der Waals surface area (Å²) in [5.41, 5.74) is 3.18. The molecular weight excluding hydrogens is 509 g/mol. The molecule has 2 amide bonds. The molecule has 0 bridgehead atoms. The molecule has 0 aliphatic rings. The summed E-state index contributed by atoms with van der Waals surface area (Å²) in [7, 11) is 0. The van der Waals surface area contributed by atoms with Crippen molar-refractivity contribution >= 4 is 52.2 Å². The first-order chi connectivity index (χ1) is 16.8. The van der Waals surface area contributed by atoms with Crippen LogP contribution in [0.4, 0.5) is 16.2 Å². The zero-order valence-corrected chi connectivity index (χ0v) is 21.0. The van der Waals surface area contributed by atoms with Crippen LogP contribution in [0.25, 0.3) is 11.3 Å². The number of ether oxygens (including phenoxy) is 1. The Bertz CT molecular complexity index is 1400. The highest BCUT2D eigenvalue weighted by Crippen LogP contribution is 2.34. The summed E-state index contributed by atoms with van der Waals surface area (Å²) in [6.07, 6.45) is 4.10. The van der Waals surface area contributed by atoms with Gasteiger partial charge in [0.25, 0.3) is 0 Å². The average Bonchev–Trinajstić information content (AvgIpc) is 2.84. The molecule has 2 N–H and O–H groups in total. The number of carbonyl (C=O) groups excluding carboxylic acids is 1. The second kappa shape index (κ2) is 10.9. The van der Waals surface area contributed by atoms with Crippen LogP contribution >= 0.6 is 34.8 Å². The number of amides is 2. The smallest absolute Gasteiger partial charge is 0.323 e. The van der Waals surface area contributed by atoms with Crippen LogP contribution in [-0.4, -0.2) is 21.0 Å². The molecule has 0 unspecified atom stereocenters. The van der Waals surface area contributed by atoms with Gasteiger partial charge in [-0.3, -0.25) is 0 Å². The molecular formula is C25H20Cl3N5O2. The van der Waals surface area contributed by atoms with Crippen molar-refractivity contribution < 1.29 is 9.53 Å². The standard InChI is InChI=1S/C25H20Cl3N5O2/c1-3-23-29-10-8-20(32-23)16-5-4-9-30-24(16)35-22-7-6-15(11-14(22)2)31-25(34)33-21-13-18(27)17(26)12-19(21)28/h4-13H,3H2,1-2H3,(H2,31,33,34). The second-order valence-electron chi connectivity index (χ2n) is 7.48. The first-order valence-electron chi connectivity index (χ1n) is 10.6. The Hall–Kier alpha value is -3.39. The highest BCUT2D eigenvalue weighted by molar-refractivity contribution is 6.44. The number of pyridine rings is 1. The predicted molar refractivity (Wildman–Crippen MR) is 140 cm³/mol. The van der Waals surface area contributed by atoms with Crippen molar-refractivity contribution in [2.75, 3.05) is 10.6 Å². The van der Waals surface area contributed by atoms with Crippen molar-refractivity contribution in [1.29, 1.82) is 0 Å². The van der Waals surface area contributed by atoms with Gasteiger partial charge >= 0.3 is 6.03 Å². The molecule has 178 valence electrons. The van der Waals surface area contributed by atoms with Crippen LogP contribution in [0, 0.1) is 6.92 Å². The Morgan fingerprint density at radius 1 is 0.943 bits per heavy atom. The largest absolute Gasteiger partial charge is 0.438 e. The zero-order valence-electron chi connectivity index (χ0n) is 18.8. The third-order valence-corrected chi connectivity index (χ3v) is 6.00. The van der Waals surface area contributed by atoms with Crippen LogP contribution in [0.3, 0.4) is 0 Å². The van der Waals surface area contributed by atoms with Gasteiger partial charge in [0.15, 0.2) is 0 Å². The van der Waals surface area contributed by atoms with Crippen molar-refractivity contribution in [3.63, 3.8) is 0 Å². The van der Waals surface area contributed by atoms with Crippen LogP contribution < -0.4 is 15.4 Å². The topological polar surface area (TPSA) is 89.0 Å². The maximum atomic E-state index is 12.5. The molecule has 2 aromatic carbocycles. The van der Waals surface area contributed by atoms with E-state index < -0.39 is 6.03 Å². The summed E-state index contributed by atoms with van der Waals surface area (Å²) < 4.78 is 6.12. The maximum Gasteiger partial charge on any atom is 0.323 e. The van der Waals surface area contributed by atoms with E-state index in [1.165, 1.54) is 12.1 Å². The van der Waals surface area contributed by atoms with E-state index >= 15 is 0 Å². The molecule has 2 heterocycles. The van der Waals surface area contributed by atoms with Gasteiger partial charge in [-0.2, -0.15) is 0 Å². The number of carbonyl (C=O) groups is 1. The van der Waals surface area contributed by atoms with Crippen molar-refractivity contribution in [1.82, 2.24) is 15.0 Å². The Morgan fingerprint density at radius 2 is 1.74 bits per heavy atom. The van der Waals surface area contributed by atoms with Crippen molar-refractivity contribution in [3.8, 4) is 22.9 Å². The number of aromatic nitrogens is 3.